The number of likely N-dealkylation sites (N-methyl/N-ethyl adjacent to an activating group) is 1. The Morgan fingerprint density at radius 1 is 1.42 bits per heavy atom. The summed E-state index contributed by atoms with van der Waals surface area (Å²) in [5.41, 5.74) is 2.39. The van der Waals surface area contributed by atoms with Crippen LogP contribution in [0.1, 0.15) is 5.56 Å². The van der Waals surface area contributed by atoms with Crippen molar-refractivity contribution in [3.05, 3.63) is 35.7 Å². The van der Waals surface area contributed by atoms with E-state index in [-0.39, 0.29) is 5.91 Å². The molecule has 0 unspecified atom stereocenters. The zero-order chi connectivity index (χ0) is 13.4. The molecule has 1 amide bonds. The number of nitrogens with zero attached hydrogens (tertiary/aromatic N) is 3. The topological polar surface area (TPSA) is 61.4 Å². The van der Waals surface area contributed by atoms with Gasteiger partial charge in [0.1, 0.15) is 5.70 Å². The average molecular weight is 272 g/mol. The number of hydrogen-bond donors (Lipinski definition) is 1. The van der Waals surface area contributed by atoms with E-state index in [1.54, 1.807) is 24.2 Å². The Kier molecular flexibility index (Phi) is 2.87. The number of fused-ring (bicyclic) bond motifs is 1. The van der Waals surface area contributed by atoms with Crippen molar-refractivity contribution in [3.8, 4) is 0 Å². The molecule has 1 aliphatic rings. The van der Waals surface area contributed by atoms with Crippen LogP contribution >= 0.6 is 11.8 Å². The van der Waals surface area contributed by atoms with E-state index in [0.29, 0.717) is 5.70 Å². The molecule has 0 saturated heterocycles. The molecule has 0 fully saturated rings. The van der Waals surface area contributed by atoms with E-state index in [1.165, 1.54) is 11.8 Å². The molecule has 1 aromatic carbocycles. The molecule has 0 aliphatic carbocycles. The van der Waals surface area contributed by atoms with E-state index in [2.05, 4.69) is 15.2 Å². The highest BCUT2D eigenvalue weighted by Crippen LogP contribution is 2.22. The minimum atomic E-state index is -0.0726. The summed E-state index contributed by atoms with van der Waals surface area (Å²) in [7, 11) is 1.73. The second-order valence-electron chi connectivity index (χ2n) is 4.21. The summed E-state index contributed by atoms with van der Waals surface area (Å²) < 4.78 is 0. The highest BCUT2D eigenvalue weighted by atomic mass is 32.2. The molecule has 0 atom stereocenters. The molecule has 0 saturated carbocycles. The quantitative estimate of drug-likeness (QED) is 0.809. The molecule has 5 nitrogen and oxygen atoms in total. The fourth-order valence-electron chi connectivity index (χ4n) is 1.97. The number of hydrogen-bond acceptors (Lipinski definition) is 4. The molecule has 2 aromatic rings. The molecule has 1 N–H and O–H groups in total. The van der Waals surface area contributed by atoms with Crippen LogP contribution in [0.2, 0.25) is 0 Å². The summed E-state index contributed by atoms with van der Waals surface area (Å²) >= 11 is 1.46. The van der Waals surface area contributed by atoms with Crippen LogP contribution in [0, 0.1) is 0 Å². The van der Waals surface area contributed by atoms with Gasteiger partial charge in [0, 0.05) is 12.4 Å². The molecule has 19 heavy (non-hydrogen) atoms. The minimum Gasteiger partial charge on any atom is -0.289 e. The third-order valence-corrected chi connectivity index (χ3v) is 3.71. The number of amidine groups is 1. The lowest BCUT2D eigenvalue weighted by atomic mass is 10.1. The second-order valence-corrected chi connectivity index (χ2v) is 4.98. The third-order valence-electron chi connectivity index (χ3n) is 2.98. The van der Waals surface area contributed by atoms with Gasteiger partial charge in [0.15, 0.2) is 5.17 Å². The minimum absolute atomic E-state index is 0.0726. The SMILES string of the molecule is CSC1=N/C(=C\c2ccc3[nH]ncc3c2)C(=O)N1C. The fourth-order valence-corrected chi connectivity index (χ4v) is 2.52. The number of H-pyrrole nitrogens is 1. The number of carbonyl (C=O) groups excluding carboxylic acids is 1. The van der Waals surface area contributed by atoms with E-state index in [9.17, 15) is 4.79 Å². The number of carbonyl (C=O) groups is 1. The van der Waals surface area contributed by atoms with Crippen LogP contribution in [0.5, 0.6) is 0 Å². The summed E-state index contributed by atoms with van der Waals surface area (Å²) in [4.78, 5) is 17.9. The van der Waals surface area contributed by atoms with Gasteiger partial charge in [-0.2, -0.15) is 5.10 Å². The van der Waals surface area contributed by atoms with Crippen molar-refractivity contribution in [1.82, 2.24) is 15.1 Å². The first kappa shape index (κ1) is 12.0. The van der Waals surface area contributed by atoms with Gasteiger partial charge in [0.25, 0.3) is 5.91 Å². The largest absolute Gasteiger partial charge is 0.289 e. The van der Waals surface area contributed by atoms with E-state index in [1.807, 2.05) is 24.5 Å². The van der Waals surface area contributed by atoms with Crippen LogP contribution in [0.15, 0.2) is 35.1 Å². The Labute approximate surface area is 114 Å². The maximum Gasteiger partial charge on any atom is 0.278 e. The van der Waals surface area contributed by atoms with E-state index >= 15 is 0 Å². The second kappa shape index (κ2) is 4.55. The van der Waals surface area contributed by atoms with Crippen molar-refractivity contribution in [2.24, 2.45) is 4.99 Å². The summed E-state index contributed by atoms with van der Waals surface area (Å²) in [5.74, 6) is -0.0726. The van der Waals surface area contributed by atoms with Crippen molar-refractivity contribution >= 4 is 39.8 Å². The monoisotopic (exact) mass is 272 g/mol. The van der Waals surface area contributed by atoms with Gasteiger partial charge in [-0.15, -0.1) is 0 Å². The van der Waals surface area contributed by atoms with Gasteiger partial charge >= 0.3 is 0 Å². The maximum absolute atomic E-state index is 12.0. The number of amides is 1. The molecule has 0 bridgehead atoms. The first-order valence-corrected chi connectivity index (χ1v) is 6.97. The Bertz CT molecular complexity index is 716. The van der Waals surface area contributed by atoms with Crippen molar-refractivity contribution in [3.63, 3.8) is 0 Å². The van der Waals surface area contributed by atoms with Gasteiger partial charge in [-0.1, -0.05) is 17.8 Å². The molecule has 0 radical (unpaired) electrons. The summed E-state index contributed by atoms with van der Waals surface area (Å²) in [6.07, 6.45) is 5.47. The first-order valence-electron chi connectivity index (χ1n) is 5.74. The van der Waals surface area contributed by atoms with Gasteiger partial charge in [0.05, 0.1) is 11.7 Å². The highest BCUT2D eigenvalue weighted by molar-refractivity contribution is 8.13. The third kappa shape index (κ3) is 2.04. The number of rotatable bonds is 1. The number of aliphatic imine (C=N–C) groups is 1. The lowest BCUT2D eigenvalue weighted by Gasteiger charge is -2.07. The predicted octanol–water partition coefficient (Wildman–Crippen LogP) is 2.09. The normalized spacial score (nSPS) is 17.6. The number of thioether (sulfide) groups is 1. The average Bonchev–Trinajstić information content (AvgIpc) is 2.98. The highest BCUT2D eigenvalue weighted by Gasteiger charge is 2.25. The molecule has 1 aliphatic heterocycles. The van der Waals surface area contributed by atoms with Gasteiger partial charge in [-0.25, -0.2) is 4.99 Å². The number of aromatic nitrogens is 2. The standard InChI is InChI=1S/C13H12N4OS/c1-17-12(18)11(15-13(17)19-2)6-8-3-4-10-9(5-8)7-14-16-10/h3-7H,1-2H3,(H,14,16)/b11-6-. The summed E-state index contributed by atoms with van der Waals surface area (Å²) in [6.45, 7) is 0. The molecule has 3 rings (SSSR count). The molecule has 96 valence electrons. The van der Waals surface area contributed by atoms with Gasteiger partial charge in [-0.05, 0) is 30.0 Å². The summed E-state index contributed by atoms with van der Waals surface area (Å²) in [6, 6.07) is 5.86. The number of aromatic amines is 1. The molecule has 1 aromatic heterocycles. The lowest BCUT2D eigenvalue weighted by molar-refractivity contribution is -0.121. The lowest BCUT2D eigenvalue weighted by Crippen LogP contribution is -2.25. The van der Waals surface area contributed by atoms with Gasteiger partial charge in [-0.3, -0.25) is 14.8 Å². The Balaban J connectivity index is 2.01. The van der Waals surface area contributed by atoms with Crippen LogP contribution in [-0.4, -0.2) is 39.5 Å². The van der Waals surface area contributed by atoms with Crippen LogP contribution in [0.4, 0.5) is 0 Å². The molecular formula is C13H12N4OS. The Hall–Kier alpha value is -2.08. The van der Waals surface area contributed by atoms with Crippen LogP contribution in [0.3, 0.4) is 0 Å². The molecule has 6 heteroatoms. The smallest absolute Gasteiger partial charge is 0.278 e. The summed E-state index contributed by atoms with van der Waals surface area (Å²) in [5, 5.41) is 8.61. The van der Waals surface area contributed by atoms with Crippen LogP contribution in [-0.2, 0) is 4.79 Å². The molecule has 2 heterocycles. The van der Waals surface area contributed by atoms with E-state index in [0.717, 1.165) is 21.6 Å². The predicted molar refractivity (Wildman–Crippen MR) is 77.8 cm³/mol. The Morgan fingerprint density at radius 3 is 3.00 bits per heavy atom. The molecule has 0 spiro atoms. The fraction of sp³-hybridized carbons (Fsp3) is 0.154. The maximum atomic E-state index is 12.0. The van der Waals surface area contributed by atoms with Crippen molar-refractivity contribution in [2.75, 3.05) is 13.3 Å². The number of benzene rings is 1. The van der Waals surface area contributed by atoms with Crippen molar-refractivity contribution < 1.29 is 4.79 Å². The van der Waals surface area contributed by atoms with Crippen molar-refractivity contribution in [1.29, 1.82) is 0 Å². The number of nitrogens with one attached hydrogen (secondary N) is 1. The molecular weight excluding hydrogens is 260 g/mol. The van der Waals surface area contributed by atoms with Crippen molar-refractivity contribution in [2.45, 2.75) is 0 Å². The Morgan fingerprint density at radius 2 is 2.26 bits per heavy atom. The van der Waals surface area contributed by atoms with Gasteiger partial charge in [0.2, 0.25) is 0 Å². The zero-order valence-corrected chi connectivity index (χ0v) is 11.4. The van der Waals surface area contributed by atoms with Crippen LogP contribution < -0.4 is 0 Å². The van der Waals surface area contributed by atoms with E-state index in [4.69, 9.17) is 0 Å². The van der Waals surface area contributed by atoms with E-state index < -0.39 is 0 Å². The first-order chi connectivity index (χ1) is 9.19. The van der Waals surface area contributed by atoms with Gasteiger partial charge < -0.3 is 0 Å². The zero-order valence-electron chi connectivity index (χ0n) is 10.5. The van der Waals surface area contributed by atoms with Crippen LogP contribution in [0.25, 0.3) is 17.0 Å².